The zero-order valence-electron chi connectivity index (χ0n) is 9.79. The number of hydrogen-bond acceptors (Lipinski definition) is 2. The van der Waals surface area contributed by atoms with Crippen LogP contribution in [0.5, 0.6) is 0 Å². The van der Waals surface area contributed by atoms with E-state index in [9.17, 15) is 4.79 Å². The molecule has 0 unspecified atom stereocenters. The molecular formula is C14H18O2. The van der Waals surface area contributed by atoms with Crippen molar-refractivity contribution in [3.05, 3.63) is 36.1 Å². The molecule has 0 aromatic carbocycles. The molecule has 0 aliphatic heterocycles. The summed E-state index contributed by atoms with van der Waals surface area (Å²) in [6, 6.07) is 0. The average Bonchev–Trinajstić information content (AvgIpc) is 2.62. The molecule has 0 aromatic rings. The third kappa shape index (κ3) is 1.97. The van der Waals surface area contributed by atoms with Crippen molar-refractivity contribution in [1.29, 1.82) is 0 Å². The van der Waals surface area contributed by atoms with E-state index in [0.29, 0.717) is 5.57 Å². The van der Waals surface area contributed by atoms with Crippen LogP contribution in [0.4, 0.5) is 0 Å². The Hall–Kier alpha value is -1.31. The molecule has 2 heteroatoms. The van der Waals surface area contributed by atoms with Crippen molar-refractivity contribution in [2.75, 3.05) is 0 Å². The fourth-order valence-corrected chi connectivity index (χ4v) is 2.49. The van der Waals surface area contributed by atoms with E-state index in [4.69, 9.17) is 4.74 Å². The number of carbonyl (C=O) groups is 1. The zero-order chi connectivity index (χ0) is 11.6. The maximum atomic E-state index is 11.5. The molecule has 0 aromatic heterocycles. The summed E-state index contributed by atoms with van der Waals surface area (Å²) in [6.07, 6.45) is 12.0. The van der Waals surface area contributed by atoms with E-state index in [-0.39, 0.29) is 11.4 Å². The second-order valence-electron chi connectivity index (χ2n) is 4.78. The van der Waals surface area contributed by atoms with Crippen LogP contribution in [0.15, 0.2) is 36.1 Å². The monoisotopic (exact) mass is 218 g/mol. The molecule has 1 saturated carbocycles. The Morgan fingerprint density at radius 1 is 1.38 bits per heavy atom. The molecule has 0 bridgehead atoms. The van der Waals surface area contributed by atoms with Gasteiger partial charge in [-0.2, -0.15) is 0 Å². The van der Waals surface area contributed by atoms with Crippen molar-refractivity contribution in [3.63, 3.8) is 0 Å². The van der Waals surface area contributed by atoms with Crippen molar-refractivity contribution in [1.82, 2.24) is 0 Å². The van der Waals surface area contributed by atoms with Crippen molar-refractivity contribution in [2.45, 2.75) is 39.0 Å². The van der Waals surface area contributed by atoms with E-state index < -0.39 is 0 Å². The highest BCUT2D eigenvalue weighted by Gasteiger charge is 2.37. The Morgan fingerprint density at radius 3 is 2.69 bits per heavy atom. The largest absolute Gasteiger partial charge is 0.427 e. The summed E-state index contributed by atoms with van der Waals surface area (Å²) in [5.41, 5.74) is 0.461. The highest BCUT2D eigenvalue weighted by Crippen LogP contribution is 2.46. The first-order chi connectivity index (χ1) is 7.64. The van der Waals surface area contributed by atoms with Gasteiger partial charge in [-0.15, -0.1) is 0 Å². The van der Waals surface area contributed by atoms with Crippen molar-refractivity contribution in [3.8, 4) is 0 Å². The minimum Gasteiger partial charge on any atom is -0.427 e. The molecule has 2 aliphatic carbocycles. The Kier molecular flexibility index (Phi) is 2.99. The normalized spacial score (nSPS) is 21.9. The van der Waals surface area contributed by atoms with E-state index in [0.717, 1.165) is 18.6 Å². The third-order valence-electron chi connectivity index (χ3n) is 3.45. The van der Waals surface area contributed by atoms with Crippen LogP contribution in [0.2, 0.25) is 0 Å². The van der Waals surface area contributed by atoms with Gasteiger partial charge in [-0.05, 0) is 25.8 Å². The van der Waals surface area contributed by atoms with Gasteiger partial charge in [0.2, 0.25) is 0 Å². The van der Waals surface area contributed by atoms with Crippen LogP contribution in [0, 0.1) is 5.41 Å². The van der Waals surface area contributed by atoms with Crippen LogP contribution in [-0.4, -0.2) is 5.97 Å². The lowest BCUT2D eigenvalue weighted by Gasteiger charge is -2.33. The maximum absolute atomic E-state index is 11.5. The van der Waals surface area contributed by atoms with Crippen LogP contribution in [0.25, 0.3) is 0 Å². The fraction of sp³-hybridized carbons (Fsp3) is 0.500. The molecule has 1 fully saturated rings. The summed E-state index contributed by atoms with van der Waals surface area (Å²) in [4.78, 5) is 11.5. The number of ether oxygens (including phenoxy) is 1. The van der Waals surface area contributed by atoms with E-state index in [1.807, 2.05) is 12.2 Å². The first kappa shape index (κ1) is 11.2. The summed E-state index contributed by atoms with van der Waals surface area (Å²) >= 11 is 0. The number of esters is 1. The predicted octanol–water partition coefficient (Wildman–Crippen LogP) is 3.51. The van der Waals surface area contributed by atoms with Gasteiger partial charge in [0.1, 0.15) is 5.76 Å². The highest BCUT2D eigenvalue weighted by atomic mass is 16.5. The van der Waals surface area contributed by atoms with Gasteiger partial charge in [0.05, 0.1) is 0 Å². The van der Waals surface area contributed by atoms with Gasteiger partial charge in [-0.1, -0.05) is 38.0 Å². The Morgan fingerprint density at radius 2 is 2.06 bits per heavy atom. The molecule has 2 nitrogen and oxygen atoms in total. The minimum atomic E-state index is -0.306. The van der Waals surface area contributed by atoms with Crippen LogP contribution in [-0.2, 0) is 9.53 Å². The summed E-state index contributed by atoms with van der Waals surface area (Å²) in [5.74, 6) is 0.514. The quantitative estimate of drug-likeness (QED) is 0.523. The minimum absolute atomic E-state index is 0.00333. The number of allylic oxidation sites excluding steroid dienone is 3. The zero-order valence-corrected chi connectivity index (χ0v) is 9.79. The molecule has 0 heterocycles. The van der Waals surface area contributed by atoms with E-state index in [2.05, 4.69) is 12.7 Å². The molecule has 16 heavy (non-hydrogen) atoms. The number of carbonyl (C=O) groups excluding carboxylic acids is 1. The van der Waals surface area contributed by atoms with Gasteiger partial charge in [-0.3, -0.25) is 0 Å². The smallest absolute Gasteiger partial charge is 0.338 e. The van der Waals surface area contributed by atoms with Gasteiger partial charge in [0, 0.05) is 11.0 Å². The molecule has 0 atom stereocenters. The maximum Gasteiger partial charge on any atom is 0.338 e. The average molecular weight is 218 g/mol. The first-order valence-corrected chi connectivity index (χ1v) is 5.92. The Labute approximate surface area is 96.7 Å². The van der Waals surface area contributed by atoms with Gasteiger partial charge in [0.25, 0.3) is 0 Å². The summed E-state index contributed by atoms with van der Waals surface area (Å²) in [5, 5.41) is 0. The van der Waals surface area contributed by atoms with Gasteiger partial charge >= 0.3 is 5.97 Å². The number of hydrogen-bond donors (Lipinski definition) is 0. The first-order valence-electron chi connectivity index (χ1n) is 5.92. The molecule has 86 valence electrons. The lowest BCUT2D eigenvalue weighted by Crippen LogP contribution is -2.25. The van der Waals surface area contributed by atoms with Crippen LogP contribution < -0.4 is 0 Å². The second kappa shape index (κ2) is 4.28. The van der Waals surface area contributed by atoms with Crippen molar-refractivity contribution < 1.29 is 9.53 Å². The van der Waals surface area contributed by atoms with Crippen LogP contribution in [0.3, 0.4) is 0 Å². The molecule has 0 radical (unpaired) electrons. The second-order valence-corrected chi connectivity index (χ2v) is 4.78. The molecule has 1 spiro atoms. The van der Waals surface area contributed by atoms with Crippen LogP contribution in [0.1, 0.15) is 39.0 Å². The summed E-state index contributed by atoms with van der Waals surface area (Å²) < 4.78 is 5.43. The van der Waals surface area contributed by atoms with Crippen molar-refractivity contribution >= 4 is 5.97 Å². The molecule has 0 saturated heterocycles. The number of rotatable bonds is 2. The third-order valence-corrected chi connectivity index (χ3v) is 3.45. The van der Waals surface area contributed by atoms with E-state index >= 15 is 0 Å². The van der Waals surface area contributed by atoms with E-state index in [1.165, 1.54) is 19.3 Å². The van der Waals surface area contributed by atoms with Gasteiger partial charge < -0.3 is 4.74 Å². The Balaban J connectivity index is 2.10. The lowest BCUT2D eigenvalue weighted by molar-refractivity contribution is -0.136. The standard InChI is InChI=1S/C14H18O2/c1-11(2)13(15)16-12-7-6-10-14(12)8-4-3-5-9-14/h6-7,10H,1,3-5,8-9H2,2H3. The Bertz CT molecular complexity index is 368. The molecule has 0 amide bonds. The predicted molar refractivity (Wildman–Crippen MR) is 63.6 cm³/mol. The lowest BCUT2D eigenvalue weighted by atomic mass is 9.74. The van der Waals surface area contributed by atoms with E-state index in [1.54, 1.807) is 6.92 Å². The molecule has 2 aliphatic rings. The summed E-state index contributed by atoms with van der Waals surface area (Å²) in [6.45, 7) is 5.29. The highest BCUT2D eigenvalue weighted by molar-refractivity contribution is 5.87. The molecule has 0 N–H and O–H groups in total. The van der Waals surface area contributed by atoms with Gasteiger partial charge in [-0.25, -0.2) is 4.79 Å². The summed E-state index contributed by atoms with van der Waals surface area (Å²) in [7, 11) is 0. The SMILES string of the molecule is C=C(C)C(=O)OC1=CC=CC12CCCCC2. The topological polar surface area (TPSA) is 26.3 Å². The molecule has 2 rings (SSSR count). The van der Waals surface area contributed by atoms with Crippen molar-refractivity contribution in [2.24, 2.45) is 5.41 Å². The molecular weight excluding hydrogens is 200 g/mol. The van der Waals surface area contributed by atoms with Gasteiger partial charge in [0.15, 0.2) is 0 Å². The van der Waals surface area contributed by atoms with Crippen LogP contribution >= 0.6 is 0 Å². The fourth-order valence-electron chi connectivity index (χ4n) is 2.49.